The second kappa shape index (κ2) is 13.4. The number of aromatic nitrogens is 5. The summed E-state index contributed by atoms with van der Waals surface area (Å²) >= 11 is 0. The molecule has 1 aliphatic rings. The van der Waals surface area contributed by atoms with Crippen LogP contribution in [-0.2, 0) is 16.1 Å². The van der Waals surface area contributed by atoms with Crippen LogP contribution in [0.3, 0.4) is 0 Å². The standard InChI is InChI=1S/C34H32N8O3/c1-45-22-31(24-8-3-2-4-9-24)38-32-17-27(16-29(37-32)25-10-5-7-23(15-25)18-35)30-21-42(40-39-30)20-28-11-6-12-33(36-28)41-14-13-26(19-41)34(43)44/h2-12,15-17,21,26,31H,13-14,19-20,22H2,1H3,(H,37,38)(H,43,44)/t26-,31-/m0/s1. The van der Waals surface area contributed by atoms with E-state index in [-0.39, 0.29) is 12.0 Å². The van der Waals surface area contributed by atoms with Gasteiger partial charge in [-0.25, -0.2) is 14.6 Å². The van der Waals surface area contributed by atoms with Gasteiger partial charge in [0.25, 0.3) is 0 Å². The van der Waals surface area contributed by atoms with E-state index in [0.29, 0.717) is 55.4 Å². The molecule has 6 rings (SSSR count). The number of rotatable bonds is 11. The maximum absolute atomic E-state index is 11.4. The molecule has 1 saturated heterocycles. The normalized spacial score (nSPS) is 15.0. The second-order valence-corrected chi connectivity index (χ2v) is 10.9. The average molecular weight is 601 g/mol. The molecule has 11 heteroatoms. The van der Waals surface area contributed by atoms with Crippen molar-refractivity contribution in [3.63, 3.8) is 0 Å². The summed E-state index contributed by atoms with van der Waals surface area (Å²) in [4.78, 5) is 23.1. The summed E-state index contributed by atoms with van der Waals surface area (Å²) in [6.07, 6.45) is 2.47. The van der Waals surface area contributed by atoms with E-state index in [9.17, 15) is 15.2 Å². The van der Waals surface area contributed by atoms with Gasteiger partial charge in [0.1, 0.15) is 17.3 Å². The molecular weight excluding hydrogens is 568 g/mol. The topological polar surface area (TPSA) is 142 Å². The first-order valence-corrected chi connectivity index (χ1v) is 14.7. The fraction of sp³-hybridized carbons (Fsp3) is 0.235. The highest BCUT2D eigenvalue weighted by molar-refractivity contribution is 5.73. The number of carboxylic acids is 1. The Balaban J connectivity index is 1.29. The Morgan fingerprint density at radius 1 is 1.04 bits per heavy atom. The molecule has 5 aromatic rings. The summed E-state index contributed by atoms with van der Waals surface area (Å²) in [5, 5.41) is 31.2. The van der Waals surface area contributed by atoms with Gasteiger partial charge in [-0.3, -0.25) is 4.79 Å². The van der Waals surface area contributed by atoms with Crippen LogP contribution in [-0.4, -0.2) is 62.8 Å². The van der Waals surface area contributed by atoms with Crippen molar-refractivity contribution in [1.82, 2.24) is 25.0 Å². The fourth-order valence-electron chi connectivity index (χ4n) is 5.48. The quantitative estimate of drug-likeness (QED) is 0.212. The molecule has 2 atom stereocenters. The molecule has 0 bridgehead atoms. The first-order chi connectivity index (χ1) is 22.0. The van der Waals surface area contributed by atoms with E-state index in [1.807, 2.05) is 90.0 Å². The molecule has 226 valence electrons. The van der Waals surface area contributed by atoms with E-state index >= 15 is 0 Å². The number of benzene rings is 2. The molecular formula is C34H32N8O3. The van der Waals surface area contributed by atoms with Crippen LogP contribution in [0, 0.1) is 17.2 Å². The van der Waals surface area contributed by atoms with Crippen molar-refractivity contribution < 1.29 is 14.6 Å². The van der Waals surface area contributed by atoms with Crippen LogP contribution in [0.15, 0.2) is 91.1 Å². The van der Waals surface area contributed by atoms with Crippen LogP contribution in [0.25, 0.3) is 22.5 Å². The van der Waals surface area contributed by atoms with Crippen molar-refractivity contribution in [2.45, 2.75) is 19.0 Å². The molecule has 0 aliphatic carbocycles. The predicted molar refractivity (Wildman–Crippen MR) is 169 cm³/mol. The SMILES string of the molecule is COC[C@H](Nc1cc(-c2cn(Cc3cccc(N4CC[C@H](C(=O)O)C4)n3)nn2)cc(-c2cccc(C#N)c2)n1)c1ccccc1. The number of anilines is 2. The number of hydrogen-bond acceptors (Lipinski definition) is 9. The highest BCUT2D eigenvalue weighted by Gasteiger charge is 2.28. The van der Waals surface area contributed by atoms with Crippen LogP contribution in [0.2, 0.25) is 0 Å². The van der Waals surface area contributed by atoms with Crippen LogP contribution in [0.4, 0.5) is 11.6 Å². The van der Waals surface area contributed by atoms with Crippen molar-refractivity contribution in [3.8, 4) is 28.6 Å². The van der Waals surface area contributed by atoms with Crippen LogP contribution < -0.4 is 10.2 Å². The van der Waals surface area contributed by atoms with Crippen LogP contribution in [0.1, 0.15) is 29.3 Å². The van der Waals surface area contributed by atoms with E-state index in [1.165, 1.54) is 0 Å². The molecule has 0 amide bonds. The molecule has 2 aromatic carbocycles. The third-order valence-electron chi connectivity index (χ3n) is 7.78. The number of nitrogens with one attached hydrogen (secondary N) is 1. The summed E-state index contributed by atoms with van der Waals surface area (Å²) < 4.78 is 7.25. The number of methoxy groups -OCH3 is 1. The summed E-state index contributed by atoms with van der Waals surface area (Å²) in [6, 6.07) is 29.1. The fourth-order valence-corrected chi connectivity index (χ4v) is 5.48. The first-order valence-electron chi connectivity index (χ1n) is 14.7. The summed E-state index contributed by atoms with van der Waals surface area (Å²) in [5.41, 5.74) is 5.35. The number of nitrogens with zero attached hydrogens (tertiary/aromatic N) is 7. The Morgan fingerprint density at radius 2 is 1.89 bits per heavy atom. The molecule has 11 nitrogen and oxygen atoms in total. The second-order valence-electron chi connectivity index (χ2n) is 10.9. The third-order valence-corrected chi connectivity index (χ3v) is 7.78. The first kappa shape index (κ1) is 29.5. The molecule has 0 radical (unpaired) electrons. The van der Waals surface area contributed by atoms with Gasteiger partial charge in [-0.1, -0.05) is 53.7 Å². The molecule has 0 unspecified atom stereocenters. The van der Waals surface area contributed by atoms with E-state index in [1.54, 1.807) is 17.9 Å². The Bertz CT molecular complexity index is 1830. The number of hydrogen-bond donors (Lipinski definition) is 2. The van der Waals surface area contributed by atoms with E-state index in [0.717, 1.165) is 28.2 Å². The molecule has 1 aliphatic heterocycles. The van der Waals surface area contributed by atoms with Gasteiger partial charge in [-0.15, -0.1) is 5.10 Å². The zero-order chi connectivity index (χ0) is 31.2. The number of carbonyl (C=O) groups is 1. The highest BCUT2D eigenvalue weighted by atomic mass is 16.5. The lowest BCUT2D eigenvalue weighted by Crippen LogP contribution is -2.23. The van der Waals surface area contributed by atoms with Crippen molar-refractivity contribution in [3.05, 3.63) is 108 Å². The minimum Gasteiger partial charge on any atom is -0.481 e. The van der Waals surface area contributed by atoms with Gasteiger partial charge in [0, 0.05) is 31.3 Å². The lowest BCUT2D eigenvalue weighted by molar-refractivity contribution is -0.140. The zero-order valence-electron chi connectivity index (χ0n) is 24.7. The Hall–Kier alpha value is -5.60. The monoisotopic (exact) mass is 600 g/mol. The molecule has 1 fully saturated rings. The molecule has 0 saturated carbocycles. The average Bonchev–Trinajstić information content (AvgIpc) is 3.76. The smallest absolute Gasteiger partial charge is 0.308 e. The molecule has 2 N–H and O–H groups in total. The van der Waals surface area contributed by atoms with Crippen molar-refractivity contribution in [2.75, 3.05) is 37.0 Å². The van der Waals surface area contributed by atoms with Gasteiger partial charge in [-0.05, 0) is 48.4 Å². The maximum atomic E-state index is 11.4. The minimum atomic E-state index is -0.770. The van der Waals surface area contributed by atoms with E-state index in [4.69, 9.17) is 14.7 Å². The van der Waals surface area contributed by atoms with E-state index < -0.39 is 5.97 Å². The summed E-state index contributed by atoms with van der Waals surface area (Å²) in [6.45, 7) is 1.95. The number of ether oxygens (including phenoxy) is 1. The molecule has 45 heavy (non-hydrogen) atoms. The van der Waals surface area contributed by atoms with E-state index in [2.05, 4.69) is 21.7 Å². The van der Waals surface area contributed by atoms with Crippen LogP contribution in [0.5, 0.6) is 0 Å². The Morgan fingerprint density at radius 3 is 2.67 bits per heavy atom. The largest absolute Gasteiger partial charge is 0.481 e. The summed E-state index contributed by atoms with van der Waals surface area (Å²) in [7, 11) is 1.67. The minimum absolute atomic E-state index is 0.146. The van der Waals surface area contributed by atoms with Crippen molar-refractivity contribution >= 4 is 17.6 Å². The molecule has 0 spiro atoms. The maximum Gasteiger partial charge on any atom is 0.308 e. The van der Waals surface area contributed by atoms with Gasteiger partial charge in [-0.2, -0.15) is 5.26 Å². The summed E-state index contributed by atoms with van der Waals surface area (Å²) in [5.74, 6) is 0.242. The lowest BCUT2D eigenvalue weighted by atomic mass is 10.0. The Labute approximate surface area is 260 Å². The number of carboxylic acid groups (broad SMARTS) is 1. The third kappa shape index (κ3) is 6.98. The van der Waals surface area contributed by atoms with Gasteiger partial charge in [0.15, 0.2) is 0 Å². The van der Waals surface area contributed by atoms with Crippen molar-refractivity contribution in [1.29, 1.82) is 5.26 Å². The molecule has 4 heterocycles. The predicted octanol–water partition coefficient (Wildman–Crippen LogP) is 5.03. The van der Waals surface area contributed by atoms with Crippen molar-refractivity contribution in [2.24, 2.45) is 5.92 Å². The number of nitriles is 1. The van der Waals surface area contributed by atoms with Gasteiger partial charge >= 0.3 is 5.97 Å². The molecule has 3 aromatic heterocycles. The van der Waals surface area contributed by atoms with Crippen LogP contribution >= 0.6 is 0 Å². The highest BCUT2D eigenvalue weighted by Crippen LogP contribution is 2.30. The van der Waals surface area contributed by atoms with Gasteiger partial charge in [0.2, 0.25) is 0 Å². The number of pyridine rings is 2. The zero-order valence-corrected chi connectivity index (χ0v) is 24.7. The Kier molecular flexibility index (Phi) is 8.75. The van der Waals surface area contributed by atoms with Gasteiger partial charge in [0.05, 0.1) is 54.3 Å². The number of aliphatic carboxylic acids is 1. The lowest BCUT2D eigenvalue weighted by Gasteiger charge is -2.20. The van der Waals surface area contributed by atoms with Gasteiger partial charge < -0.3 is 20.1 Å².